The van der Waals surface area contributed by atoms with Crippen LogP contribution in [0.2, 0.25) is 0 Å². The van der Waals surface area contributed by atoms with E-state index in [4.69, 9.17) is 4.74 Å². The molecule has 2 amide bonds. The van der Waals surface area contributed by atoms with Gasteiger partial charge in [-0.1, -0.05) is 60.7 Å². The zero-order valence-corrected chi connectivity index (χ0v) is 18.3. The zero-order valence-electron chi connectivity index (χ0n) is 18.3. The van der Waals surface area contributed by atoms with Crippen LogP contribution >= 0.6 is 0 Å². The standard InChI is InChI=1S/C26H30N2O4/c29-24(16-15-20-9-3-1-4-10-20)27-17-7-13-22(27)25(30)28-18-8-14-23(28)26(31)32-19-21-11-5-2-6-12-21/h1-6,9-12,22-23H,7-8,13-19H2/t22-,23-/m0/s1. The van der Waals surface area contributed by atoms with Crippen molar-refractivity contribution in [3.63, 3.8) is 0 Å². The maximum absolute atomic E-state index is 13.4. The van der Waals surface area contributed by atoms with E-state index in [1.54, 1.807) is 9.80 Å². The summed E-state index contributed by atoms with van der Waals surface area (Å²) in [7, 11) is 0. The van der Waals surface area contributed by atoms with E-state index < -0.39 is 12.1 Å². The average molecular weight is 435 g/mol. The molecule has 2 aromatic carbocycles. The van der Waals surface area contributed by atoms with Crippen molar-refractivity contribution in [3.05, 3.63) is 71.8 Å². The van der Waals surface area contributed by atoms with E-state index in [1.807, 2.05) is 60.7 Å². The molecule has 2 aliphatic rings. The summed E-state index contributed by atoms with van der Waals surface area (Å²) in [5.74, 6) is -0.471. The normalized spacial score (nSPS) is 20.4. The number of likely N-dealkylation sites (tertiary alicyclic amines) is 2. The lowest BCUT2D eigenvalue weighted by atomic mass is 10.1. The lowest BCUT2D eigenvalue weighted by Gasteiger charge is -2.30. The first kappa shape index (κ1) is 22.1. The van der Waals surface area contributed by atoms with Gasteiger partial charge in [-0.15, -0.1) is 0 Å². The lowest BCUT2D eigenvalue weighted by molar-refractivity contribution is -0.156. The number of hydrogen-bond donors (Lipinski definition) is 0. The van der Waals surface area contributed by atoms with Crippen molar-refractivity contribution in [1.82, 2.24) is 9.80 Å². The van der Waals surface area contributed by atoms with E-state index >= 15 is 0 Å². The van der Waals surface area contributed by atoms with Gasteiger partial charge in [0.25, 0.3) is 0 Å². The van der Waals surface area contributed by atoms with Crippen molar-refractivity contribution in [3.8, 4) is 0 Å². The van der Waals surface area contributed by atoms with Crippen LogP contribution in [0.25, 0.3) is 0 Å². The first-order chi connectivity index (χ1) is 15.6. The van der Waals surface area contributed by atoms with Gasteiger partial charge in [-0.3, -0.25) is 9.59 Å². The van der Waals surface area contributed by atoms with Gasteiger partial charge in [0.2, 0.25) is 11.8 Å². The third kappa shape index (κ3) is 5.18. The number of benzene rings is 2. The quantitative estimate of drug-likeness (QED) is 0.627. The number of ether oxygens (including phenoxy) is 1. The van der Waals surface area contributed by atoms with Gasteiger partial charge >= 0.3 is 5.97 Å². The molecular weight excluding hydrogens is 404 g/mol. The molecule has 0 radical (unpaired) electrons. The highest BCUT2D eigenvalue weighted by molar-refractivity contribution is 5.91. The average Bonchev–Trinajstić information content (AvgIpc) is 3.52. The molecule has 2 aliphatic heterocycles. The van der Waals surface area contributed by atoms with Gasteiger partial charge in [-0.25, -0.2) is 4.79 Å². The van der Waals surface area contributed by atoms with Gasteiger partial charge in [0.1, 0.15) is 18.7 Å². The van der Waals surface area contributed by atoms with Crippen molar-refractivity contribution in [2.75, 3.05) is 13.1 Å². The number of rotatable bonds is 7. The van der Waals surface area contributed by atoms with Gasteiger partial charge in [0.05, 0.1) is 0 Å². The molecule has 0 bridgehead atoms. The fourth-order valence-electron chi connectivity index (χ4n) is 4.65. The second-order valence-electron chi connectivity index (χ2n) is 8.51. The Morgan fingerprint density at radius 3 is 2.06 bits per heavy atom. The summed E-state index contributed by atoms with van der Waals surface area (Å²) >= 11 is 0. The van der Waals surface area contributed by atoms with E-state index in [1.165, 1.54) is 0 Å². The molecule has 0 saturated carbocycles. The summed E-state index contributed by atoms with van der Waals surface area (Å²) in [5.41, 5.74) is 2.03. The molecule has 6 nitrogen and oxygen atoms in total. The van der Waals surface area contributed by atoms with Crippen molar-refractivity contribution in [2.45, 2.75) is 57.2 Å². The van der Waals surface area contributed by atoms with Crippen LogP contribution in [0.4, 0.5) is 0 Å². The second kappa shape index (κ2) is 10.4. The lowest BCUT2D eigenvalue weighted by Crippen LogP contribution is -2.51. The van der Waals surface area contributed by atoms with Crippen LogP contribution in [0.5, 0.6) is 0 Å². The number of esters is 1. The van der Waals surface area contributed by atoms with Gasteiger partial charge in [-0.2, -0.15) is 0 Å². The van der Waals surface area contributed by atoms with Crippen LogP contribution in [0.3, 0.4) is 0 Å². The molecule has 2 fully saturated rings. The summed E-state index contributed by atoms with van der Waals surface area (Å²) in [4.78, 5) is 42.3. The SMILES string of the molecule is O=C(OCc1ccccc1)[C@@H]1CCCN1C(=O)[C@@H]1CCCN1C(=O)CCc1ccccc1. The van der Waals surface area contributed by atoms with Gasteiger partial charge in [-0.05, 0) is 43.2 Å². The molecule has 2 saturated heterocycles. The Labute approximate surface area is 189 Å². The predicted octanol–water partition coefficient (Wildman–Crippen LogP) is 3.34. The third-order valence-corrected chi connectivity index (χ3v) is 6.36. The molecule has 4 rings (SSSR count). The summed E-state index contributed by atoms with van der Waals surface area (Å²) in [6.07, 6.45) is 3.88. The Balaban J connectivity index is 1.35. The van der Waals surface area contributed by atoms with E-state index in [2.05, 4.69) is 0 Å². The molecule has 0 spiro atoms. The number of carbonyl (C=O) groups excluding carboxylic acids is 3. The minimum absolute atomic E-state index is 0.00658. The Bertz CT molecular complexity index is 856. The van der Waals surface area contributed by atoms with Crippen LogP contribution in [-0.4, -0.2) is 52.8 Å². The molecule has 2 aromatic rings. The van der Waals surface area contributed by atoms with Gasteiger partial charge < -0.3 is 14.5 Å². The second-order valence-corrected chi connectivity index (χ2v) is 8.51. The highest BCUT2D eigenvalue weighted by Crippen LogP contribution is 2.26. The maximum Gasteiger partial charge on any atom is 0.329 e. The Morgan fingerprint density at radius 1 is 0.781 bits per heavy atom. The molecule has 2 atom stereocenters. The summed E-state index contributed by atoms with van der Waals surface area (Å²) in [6, 6.07) is 18.4. The van der Waals surface area contributed by atoms with Crippen molar-refractivity contribution in [2.24, 2.45) is 0 Å². The molecule has 6 heteroatoms. The van der Waals surface area contributed by atoms with Gasteiger partial charge in [0, 0.05) is 19.5 Å². The molecule has 0 aliphatic carbocycles. The summed E-state index contributed by atoms with van der Waals surface area (Å²) in [5, 5.41) is 0. The largest absolute Gasteiger partial charge is 0.459 e. The Hall–Kier alpha value is -3.15. The molecule has 32 heavy (non-hydrogen) atoms. The van der Waals surface area contributed by atoms with Crippen LogP contribution in [-0.2, 0) is 32.1 Å². The predicted molar refractivity (Wildman–Crippen MR) is 120 cm³/mol. The van der Waals surface area contributed by atoms with E-state index in [0.717, 1.165) is 24.0 Å². The zero-order chi connectivity index (χ0) is 22.3. The highest BCUT2D eigenvalue weighted by atomic mass is 16.5. The van der Waals surface area contributed by atoms with E-state index in [-0.39, 0.29) is 24.4 Å². The van der Waals surface area contributed by atoms with Crippen LogP contribution in [0, 0.1) is 0 Å². The van der Waals surface area contributed by atoms with Crippen molar-refractivity contribution in [1.29, 1.82) is 0 Å². The minimum Gasteiger partial charge on any atom is -0.459 e. The molecule has 2 heterocycles. The van der Waals surface area contributed by atoms with Crippen molar-refractivity contribution < 1.29 is 19.1 Å². The number of nitrogens with zero attached hydrogens (tertiary/aromatic N) is 2. The fraction of sp³-hybridized carbons (Fsp3) is 0.423. The Kier molecular flexibility index (Phi) is 7.20. The molecular formula is C26H30N2O4. The topological polar surface area (TPSA) is 66.9 Å². The van der Waals surface area contributed by atoms with E-state index in [9.17, 15) is 14.4 Å². The molecule has 168 valence electrons. The first-order valence-corrected chi connectivity index (χ1v) is 11.5. The van der Waals surface area contributed by atoms with Crippen LogP contribution < -0.4 is 0 Å². The van der Waals surface area contributed by atoms with Crippen LogP contribution in [0.1, 0.15) is 43.2 Å². The number of aryl methyl sites for hydroxylation is 1. The molecule has 0 N–H and O–H groups in total. The number of amides is 2. The minimum atomic E-state index is -0.562. The maximum atomic E-state index is 13.4. The first-order valence-electron chi connectivity index (χ1n) is 11.5. The number of hydrogen-bond acceptors (Lipinski definition) is 4. The summed E-state index contributed by atoms with van der Waals surface area (Å²) in [6.45, 7) is 1.33. The monoisotopic (exact) mass is 434 g/mol. The fourth-order valence-corrected chi connectivity index (χ4v) is 4.65. The van der Waals surface area contributed by atoms with Crippen molar-refractivity contribution >= 4 is 17.8 Å². The molecule has 0 unspecified atom stereocenters. The third-order valence-electron chi connectivity index (χ3n) is 6.36. The van der Waals surface area contributed by atoms with E-state index in [0.29, 0.717) is 38.8 Å². The van der Waals surface area contributed by atoms with Crippen LogP contribution in [0.15, 0.2) is 60.7 Å². The highest BCUT2D eigenvalue weighted by Gasteiger charge is 2.42. The van der Waals surface area contributed by atoms with Gasteiger partial charge in [0.15, 0.2) is 0 Å². The summed E-state index contributed by atoms with van der Waals surface area (Å²) < 4.78 is 5.50. The Morgan fingerprint density at radius 2 is 1.38 bits per heavy atom. The number of carbonyl (C=O) groups is 3. The molecule has 0 aromatic heterocycles. The smallest absolute Gasteiger partial charge is 0.329 e.